The molecular formula is C10H17F2N. The smallest absolute Gasteiger partial charge is 0.253 e. The molecule has 2 aliphatic rings. The Morgan fingerprint density at radius 2 is 1.69 bits per heavy atom. The molecule has 2 rings (SSSR count). The lowest BCUT2D eigenvalue weighted by Crippen LogP contribution is -2.35. The van der Waals surface area contributed by atoms with E-state index in [1.165, 1.54) is 25.7 Å². The van der Waals surface area contributed by atoms with Gasteiger partial charge in [0.2, 0.25) is 0 Å². The second-order valence-corrected chi connectivity index (χ2v) is 4.43. The minimum Gasteiger partial charge on any atom is -0.306 e. The van der Waals surface area contributed by atoms with Crippen molar-refractivity contribution >= 4 is 0 Å². The van der Waals surface area contributed by atoms with Gasteiger partial charge in [0.15, 0.2) is 0 Å². The van der Waals surface area contributed by atoms with Crippen LogP contribution in [0.15, 0.2) is 0 Å². The highest BCUT2D eigenvalue weighted by Crippen LogP contribution is 2.49. The second-order valence-electron chi connectivity index (χ2n) is 4.43. The largest absolute Gasteiger partial charge is 0.306 e. The maximum atomic E-state index is 12.2. The molecule has 0 bridgehead atoms. The van der Waals surface area contributed by atoms with E-state index in [4.69, 9.17) is 0 Å². The van der Waals surface area contributed by atoms with Gasteiger partial charge < -0.3 is 5.32 Å². The van der Waals surface area contributed by atoms with Crippen LogP contribution in [-0.4, -0.2) is 18.5 Å². The molecule has 3 unspecified atom stereocenters. The Morgan fingerprint density at radius 3 is 2.15 bits per heavy atom. The standard InChI is InChI=1S/C10H17F2N/c1-6(10(11)12)13-9-7-4-2-3-5-8(7)9/h6-10,13H,2-5H2,1H3. The number of nitrogens with one attached hydrogen (secondary N) is 1. The Hall–Kier alpha value is -0.180. The van der Waals surface area contributed by atoms with Gasteiger partial charge in [-0.2, -0.15) is 0 Å². The monoisotopic (exact) mass is 189 g/mol. The maximum absolute atomic E-state index is 12.2. The van der Waals surface area contributed by atoms with Crippen LogP contribution in [0.4, 0.5) is 8.78 Å². The van der Waals surface area contributed by atoms with Gasteiger partial charge in [-0.1, -0.05) is 12.8 Å². The normalized spacial score (nSPS) is 40.2. The van der Waals surface area contributed by atoms with Crippen LogP contribution in [0.1, 0.15) is 32.6 Å². The summed E-state index contributed by atoms with van der Waals surface area (Å²) in [6.45, 7) is 1.58. The molecule has 0 spiro atoms. The Balaban J connectivity index is 1.78. The van der Waals surface area contributed by atoms with Gasteiger partial charge in [0.1, 0.15) is 0 Å². The number of alkyl halides is 2. The molecule has 3 atom stereocenters. The Bertz CT molecular complexity index is 172. The highest BCUT2D eigenvalue weighted by atomic mass is 19.3. The second kappa shape index (κ2) is 3.52. The van der Waals surface area contributed by atoms with Crippen molar-refractivity contribution in [2.75, 3.05) is 0 Å². The highest BCUT2D eigenvalue weighted by molar-refractivity contribution is 5.05. The zero-order valence-corrected chi connectivity index (χ0v) is 7.97. The fourth-order valence-electron chi connectivity index (χ4n) is 2.62. The van der Waals surface area contributed by atoms with Crippen LogP contribution in [0.25, 0.3) is 0 Å². The Kier molecular flexibility index (Phi) is 2.54. The van der Waals surface area contributed by atoms with E-state index in [2.05, 4.69) is 5.32 Å². The van der Waals surface area contributed by atoms with E-state index in [0.717, 1.165) is 11.8 Å². The fraction of sp³-hybridized carbons (Fsp3) is 1.00. The van der Waals surface area contributed by atoms with Crippen LogP contribution < -0.4 is 5.32 Å². The molecule has 1 nitrogen and oxygen atoms in total. The molecule has 2 saturated carbocycles. The third kappa shape index (κ3) is 1.85. The lowest BCUT2D eigenvalue weighted by molar-refractivity contribution is 0.104. The average Bonchev–Trinajstić information content (AvgIpc) is 2.79. The topological polar surface area (TPSA) is 12.0 Å². The summed E-state index contributed by atoms with van der Waals surface area (Å²) < 4.78 is 24.5. The van der Waals surface area contributed by atoms with E-state index in [-0.39, 0.29) is 0 Å². The molecule has 0 heterocycles. The summed E-state index contributed by atoms with van der Waals surface area (Å²) in [5.41, 5.74) is 0. The molecule has 1 N–H and O–H groups in total. The Morgan fingerprint density at radius 1 is 1.15 bits per heavy atom. The average molecular weight is 189 g/mol. The van der Waals surface area contributed by atoms with Gasteiger partial charge in [-0.05, 0) is 31.6 Å². The van der Waals surface area contributed by atoms with Crippen molar-refractivity contribution in [1.29, 1.82) is 0 Å². The van der Waals surface area contributed by atoms with E-state index in [9.17, 15) is 8.78 Å². The molecule has 0 aromatic heterocycles. The van der Waals surface area contributed by atoms with Gasteiger partial charge >= 0.3 is 0 Å². The minimum atomic E-state index is -2.22. The minimum absolute atomic E-state index is 0.409. The van der Waals surface area contributed by atoms with Crippen molar-refractivity contribution in [2.45, 2.75) is 51.1 Å². The third-order valence-electron chi connectivity index (χ3n) is 3.49. The van der Waals surface area contributed by atoms with E-state index < -0.39 is 12.5 Å². The summed E-state index contributed by atoms with van der Waals surface area (Å²) in [5, 5.41) is 3.05. The number of hydrogen-bond donors (Lipinski definition) is 1. The molecule has 0 amide bonds. The lowest BCUT2D eigenvalue weighted by Gasteiger charge is -2.12. The Labute approximate surface area is 77.9 Å². The van der Waals surface area contributed by atoms with Gasteiger partial charge in [-0.25, -0.2) is 8.78 Å². The van der Waals surface area contributed by atoms with Crippen molar-refractivity contribution in [2.24, 2.45) is 11.8 Å². The fourth-order valence-corrected chi connectivity index (χ4v) is 2.62. The van der Waals surface area contributed by atoms with Crippen LogP contribution >= 0.6 is 0 Å². The van der Waals surface area contributed by atoms with Crippen LogP contribution in [0, 0.1) is 11.8 Å². The van der Waals surface area contributed by atoms with Gasteiger partial charge in [0.05, 0.1) is 6.04 Å². The van der Waals surface area contributed by atoms with Gasteiger partial charge in [-0.15, -0.1) is 0 Å². The van der Waals surface area contributed by atoms with E-state index in [1.54, 1.807) is 6.92 Å². The number of halogens is 2. The predicted molar refractivity (Wildman–Crippen MR) is 47.8 cm³/mol. The van der Waals surface area contributed by atoms with Crippen LogP contribution in [-0.2, 0) is 0 Å². The van der Waals surface area contributed by atoms with E-state index in [1.807, 2.05) is 0 Å². The summed E-state index contributed by atoms with van der Waals surface area (Å²) in [6, 6.07) is -0.220. The zero-order valence-electron chi connectivity index (χ0n) is 7.97. The summed E-state index contributed by atoms with van der Waals surface area (Å²) in [7, 11) is 0. The molecule has 0 saturated heterocycles. The molecule has 0 aromatic carbocycles. The summed E-state index contributed by atoms with van der Waals surface area (Å²) in [5.74, 6) is 1.44. The summed E-state index contributed by atoms with van der Waals surface area (Å²) in [6.07, 6.45) is 2.86. The number of hydrogen-bond acceptors (Lipinski definition) is 1. The van der Waals surface area contributed by atoms with E-state index in [0.29, 0.717) is 6.04 Å². The molecule has 2 aliphatic carbocycles. The van der Waals surface area contributed by atoms with Crippen LogP contribution in [0.5, 0.6) is 0 Å². The third-order valence-corrected chi connectivity index (χ3v) is 3.49. The first kappa shape index (κ1) is 9.38. The lowest BCUT2D eigenvalue weighted by atomic mass is 10.0. The predicted octanol–water partition coefficient (Wildman–Crippen LogP) is 2.42. The molecule has 76 valence electrons. The molecular weight excluding hydrogens is 172 g/mol. The summed E-state index contributed by atoms with van der Waals surface area (Å²) >= 11 is 0. The van der Waals surface area contributed by atoms with Gasteiger partial charge in [0, 0.05) is 6.04 Å². The number of rotatable bonds is 3. The van der Waals surface area contributed by atoms with Crippen molar-refractivity contribution in [3.8, 4) is 0 Å². The van der Waals surface area contributed by atoms with Crippen LogP contribution in [0.2, 0.25) is 0 Å². The molecule has 0 aliphatic heterocycles. The van der Waals surface area contributed by atoms with Crippen molar-refractivity contribution in [3.63, 3.8) is 0 Å². The van der Waals surface area contributed by atoms with E-state index >= 15 is 0 Å². The van der Waals surface area contributed by atoms with Crippen molar-refractivity contribution < 1.29 is 8.78 Å². The zero-order chi connectivity index (χ0) is 9.42. The number of fused-ring (bicyclic) bond motifs is 1. The molecule has 2 fully saturated rings. The summed E-state index contributed by atoms with van der Waals surface area (Å²) in [4.78, 5) is 0. The van der Waals surface area contributed by atoms with Gasteiger partial charge in [0.25, 0.3) is 6.43 Å². The first-order valence-electron chi connectivity index (χ1n) is 5.24. The highest BCUT2D eigenvalue weighted by Gasteiger charge is 2.51. The molecule has 13 heavy (non-hydrogen) atoms. The molecule has 0 aromatic rings. The maximum Gasteiger partial charge on any atom is 0.253 e. The SMILES string of the molecule is CC(NC1C2CCCCC21)C(F)F. The molecule has 0 radical (unpaired) electrons. The first-order chi connectivity index (χ1) is 6.20. The van der Waals surface area contributed by atoms with Crippen LogP contribution in [0.3, 0.4) is 0 Å². The quantitative estimate of drug-likeness (QED) is 0.719. The molecule has 3 heteroatoms. The van der Waals surface area contributed by atoms with Gasteiger partial charge in [-0.3, -0.25) is 0 Å². The van der Waals surface area contributed by atoms with Crippen molar-refractivity contribution in [1.82, 2.24) is 5.32 Å². The first-order valence-corrected chi connectivity index (χ1v) is 5.24. The van der Waals surface area contributed by atoms with Crippen molar-refractivity contribution in [3.05, 3.63) is 0 Å².